The Labute approximate surface area is 58.1 Å². The van der Waals surface area contributed by atoms with Crippen molar-refractivity contribution in [3.05, 3.63) is 10.1 Å². The molecule has 0 amide bonds. The highest BCUT2D eigenvalue weighted by molar-refractivity contribution is 5.75. The van der Waals surface area contributed by atoms with Crippen LogP contribution in [0.15, 0.2) is 0 Å². The third-order valence-electron chi connectivity index (χ3n) is 0.841. The number of nitrogens with zero attached hydrogens (tertiary/aromatic N) is 1. The molecule has 0 fully saturated rings. The van der Waals surface area contributed by atoms with E-state index in [-0.39, 0.29) is 12.2 Å². The third-order valence-corrected chi connectivity index (χ3v) is 0.841. The van der Waals surface area contributed by atoms with Gasteiger partial charge in [-0.05, 0) is 13.8 Å². The number of rotatable bonds is 4. The maximum Gasteiger partial charge on any atom is 0.294 e. The first kappa shape index (κ1) is 8.87. The Bertz CT molecular complexity index is 129. The van der Waals surface area contributed by atoms with Crippen LogP contribution < -0.4 is 0 Å². The topological polar surface area (TPSA) is 69.4 Å². The van der Waals surface area contributed by atoms with Gasteiger partial charge in [0.1, 0.15) is 11.9 Å². The van der Waals surface area contributed by atoms with Crippen molar-refractivity contribution in [1.82, 2.24) is 0 Å². The van der Waals surface area contributed by atoms with E-state index in [0.29, 0.717) is 0 Å². The van der Waals surface area contributed by atoms with E-state index in [0.717, 1.165) is 0 Å². The second-order valence-corrected chi connectivity index (χ2v) is 2.05. The highest BCUT2D eigenvalue weighted by Gasteiger charge is 2.08. The zero-order valence-corrected chi connectivity index (χ0v) is 5.86. The fourth-order valence-electron chi connectivity index (χ4n) is 0.589. The summed E-state index contributed by atoms with van der Waals surface area (Å²) in [7, 11) is 0. The van der Waals surface area contributed by atoms with Crippen molar-refractivity contribution in [1.29, 1.82) is 0 Å². The molecule has 0 radical (unpaired) electrons. The summed E-state index contributed by atoms with van der Waals surface area (Å²) in [6.07, 6.45) is -0.548. The second kappa shape index (κ2) is 3.81. The summed E-state index contributed by atoms with van der Waals surface area (Å²) in [6.45, 7) is 2.84. The fourth-order valence-corrected chi connectivity index (χ4v) is 0.589. The molecule has 0 aliphatic carbocycles. The molecule has 0 aromatic heterocycles. The molecule has 0 N–H and O–H groups in total. The number of carbonyl (C=O) groups is 1. The van der Waals surface area contributed by atoms with Crippen LogP contribution in [0.4, 0.5) is 0 Å². The number of hydrogen-bond donors (Lipinski definition) is 0. The lowest BCUT2D eigenvalue weighted by molar-refractivity contribution is -0.767. The predicted octanol–water partition coefficient (Wildman–Crippen LogP) is 0.562. The molecule has 58 valence electrons. The lowest BCUT2D eigenvalue weighted by Crippen LogP contribution is -2.15. The molecule has 1 unspecified atom stereocenters. The van der Waals surface area contributed by atoms with Crippen molar-refractivity contribution in [2.75, 3.05) is 0 Å². The van der Waals surface area contributed by atoms with Crippen LogP contribution in [0.2, 0.25) is 0 Å². The summed E-state index contributed by atoms with van der Waals surface area (Å²) >= 11 is 0. The van der Waals surface area contributed by atoms with E-state index in [2.05, 4.69) is 4.84 Å². The van der Waals surface area contributed by atoms with Gasteiger partial charge in [0.05, 0.1) is 0 Å². The first-order chi connectivity index (χ1) is 4.52. The van der Waals surface area contributed by atoms with Crippen molar-refractivity contribution < 1.29 is 14.7 Å². The van der Waals surface area contributed by atoms with Gasteiger partial charge in [0.25, 0.3) is 5.09 Å². The molecule has 0 saturated carbocycles. The Hall–Kier alpha value is -1.13. The first-order valence-corrected chi connectivity index (χ1v) is 2.83. The third kappa shape index (κ3) is 5.02. The van der Waals surface area contributed by atoms with Crippen LogP contribution in [-0.4, -0.2) is 17.0 Å². The number of Topliss-reactive ketones (excluding diaryl/α,β-unsaturated/α-hetero) is 1. The molecule has 0 aliphatic rings. The SMILES string of the molecule is CC(=O)CC(C)O[N+](=O)[O-]. The van der Waals surface area contributed by atoms with Gasteiger partial charge in [-0.2, -0.15) is 0 Å². The van der Waals surface area contributed by atoms with Crippen LogP contribution in [0.3, 0.4) is 0 Å². The van der Waals surface area contributed by atoms with Gasteiger partial charge in [-0.25, -0.2) is 0 Å². The molecule has 0 aromatic carbocycles. The number of carbonyl (C=O) groups excluding carboxylic acids is 1. The van der Waals surface area contributed by atoms with Crippen molar-refractivity contribution in [2.24, 2.45) is 0 Å². The Morgan fingerprint density at radius 2 is 2.30 bits per heavy atom. The van der Waals surface area contributed by atoms with Crippen molar-refractivity contribution in [3.8, 4) is 0 Å². The van der Waals surface area contributed by atoms with E-state index in [1.54, 1.807) is 0 Å². The van der Waals surface area contributed by atoms with Gasteiger partial charge < -0.3 is 4.84 Å². The molecule has 0 aromatic rings. The predicted molar refractivity (Wildman–Crippen MR) is 32.8 cm³/mol. The van der Waals surface area contributed by atoms with Crippen LogP contribution in [0.25, 0.3) is 0 Å². The van der Waals surface area contributed by atoms with Crippen molar-refractivity contribution >= 4 is 5.78 Å². The molecule has 0 saturated heterocycles. The average molecular weight is 147 g/mol. The number of ketones is 1. The van der Waals surface area contributed by atoms with Crippen LogP contribution in [0.1, 0.15) is 20.3 Å². The van der Waals surface area contributed by atoms with E-state index < -0.39 is 11.2 Å². The molecule has 0 aliphatic heterocycles. The average Bonchev–Trinajstić information content (AvgIpc) is 1.58. The van der Waals surface area contributed by atoms with Gasteiger partial charge in [0.2, 0.25) is 0 Å². The maximum atomic E-state index is 10.3. The summed E-state index contributed by atoms with van der Waals surface area (Å²) in [4.78, 5) is 24.1. The summed E-state index contributed by atoms with van der Waals surface area (Å²) in [5.41, 5.74) is 0. The molecule has 0 spiro atoms. The van der Waals surface area contributed by atoms with E-state index in [4.69, 9.17) is 0 Å². The molecule has 10 heavy (non-hydrogen) atoms. The Balaban J connectivity index is 3.53. The van der Waals surface area contributed by atoms with Gasteiger partial charge in [0.15, 0.2) is 0 Å². The van der Waals surface area contributed by atoms with Crippen LogP contribution in [0, 0.1) is 10.1 Å². The highest BCUT2D eigenvalue weighted by atomic mass is 17.0. The molecular weight excluding hydrogens is 138 g/mol. The number of hydrogen-bond acceptors (Lipinski definition) is 4. The molecule has 0 rings (SSSR count). The normalized spacial score (nSPS) is 12.2. The van der Waals surface area contributed by atoms with Gasteiger partial charge in [-0.15, -0.1) is 10.1 Å². The Morgan fingerprint density at radius 1 is 1.80 bits per heavy atom. The van der Waals surface area contributed by atoms with Crippen LogP contribution in [0.5, 0.6) is 0 Å². The molecule has 5 nitrogen and oxygen atoms in total. The summed E-state index contributed by atoms with van der Waals surface area (Å²) in [5, 5.41) is 8.77. The summed E-state index contributed by atoms with van der Waals surface area (Å²) in [5.74, 6) is -0.116. The van der Waals surface area contributed by atoms with Gasteiger partial charge in [-0.3, -0.25) is 4.79 Å². The van der Waals surface area contributed by atoms with Crippen molar-refractivity contribution in [2.45, 2.75) is 26.4 Å². The summed E-state index contributed by atoms with van der Waals surface area (Å²) in [6, 6.07) is 0. The van der Waals surface area contributed by atoms with Gasteiger partial charge in [0, 0.05) is 6.42 Å². The fraction of sp³-hybridized carbons (Fsp3) is 0.800. The zero-order valence-electron chi connectivity index (χ0n) is 5.86. The van der Waals surface area contributed by atoms with Gasteiger partial charge in [-0.1, -0.05) is 0 Å². The van der Waals surface area contributed by atoms with Crippen LogP contribution in [-0.2, 0) is 9.63 Å². The van der Waals surface area contributed by atoms with E-state index in [1.807, 2.05) is 0 Å². The quantitative estimate of drug-likeness (QED) is 0.430. The van der Waals surface area contributed by atoms with E-state index >= 15 is 0 Å². The largest absolute Gasteiger partial charge is 0.310 e. The summed E-state index contributed by atoms with van der Waals surface area (Å²) < 4.78 is 0. The standard InChI is InChI=1S/C5H9NO4/c1-4(7)3-5(2)10-6(8)9/h5H,3H2,1-2H3. The van der Waals surface area contributed by atoms with E-state index in [9.17, 15) is 14.9 Å². The van der Waals surface area contributed by atoms with Gasteiger partial charge >= 0.3 is 0 Å². The molecule has 0 bridgehead atoms. The second-order valence-electron chi connectivity index (χ2n) is 2.05. The lowest BCUT2D eigenvalue weighted by Gasteiger charge is -2.04. The minimum Gasteiger partial charge on any atom is -0.310 e. The van der Waals surface area contributed by atoms with Crippen molar-refractivity contribution in [3.63, 3.8) is 0 Å². The van der Waals surface area contributed by atoms with E-state index in [1.165, 1.54) is 13.8 Å². The smallest absolute Gasteiger partial charge is 0.294 e. The zero-order chi connectivity index (χ0) is 8.15. The first-order valence-electron chi connectivity index (χ1n) is 2.83. The monoisotopic (exact) mass is 147 g/mol. The molecular formula is C5H9NO4. The molecule has 5 heteroatoms. The lowest BCUT2D eigenvalue weighted by atomic mass is 10.2. The Morgan fingerprint density at radius 3 is 2.60 bits per heavy atom. The maximum absolute atomic E-state index is 10.3. The Kier molecular flexibility index (Phi) is 3.38. The van der Waals surface area contributed by atoms with Crippen LogP contribution >= 0.6 is 0 Å². The highest BCUT2D eigenvalue weighted by Crippen LogP contribution is 1.97. The molecule has 0 heterocycles. The molecule has 1 atom stereocenters. The minimum atomic E-state index is -0.895. The minimum absolute atomic E-state index is 0.0843.